The van der Waals surface area contributed by atoms with Gasteiger partial charge in [-0.1, -0.05) is 17.7 Å². The predicted octanol–water partition coefficient (Wildman–Crippen LogP) is 1.90. The number of carboxylic acids is 1. The Kier molecular flexibility index (Phi) is 6.41. The number of hydrogen-bond donors (Lipinski definition) is 1. The van der Waals surface area contributed by atoms with Gasteiger partial charge in [0, 0.05) is 37.6 Å². The average Bonchev–Trinajstić information content (AvgIpc) is 2.52. The zero-order valence-corrected chi connectivity index (χ0v) is 14.4. The van der Waals surface area contributed by atoms with Crippen LogP contribution in [0.3, 0.4) is 0 Å². The largest absolute Gasteiger partial charge is 0.481 e. The number of rotatable bonds is 7. The van der Waals surface area contributed by atoms with Gasteiger partial charge in [0.25, 0.3) is 0 Å². The Labute approximate surface area is 141 Å². The Bertz CT molecular complexity index is 643. The van der Waals surface area contributed by atoms with Gasteiger partial charge in [0.2, 0.25) is 10.0 Å². The third kappa shape index (κ3) is 5.17. The lowest BCUT2D eigenvalue weighted by atomic mass is 10.2. The third-order valence-corrected chi connectivity index (χ3v) is 6.01. The molecule has 1 fully saturated rings. The Morgan fingerprint density at radius 3 is 2.48 bits per heavy atom. The number of carboxylic acid groups (broad SMARTS) is 1. The molecular weight excluding hydrogens is 340 g/mol. The summed E-state index contributed by atoms with van der Waals surface area (Å²) in [4.78, 5) is 12.9. The Morgan fingerprint density at radius 2 is 1.87 bits per heavy atom. The summed E-state index contributed by atoms with van der Waals surface area (Å²) in [5.74, 6) is -0.776. The molecule has 0 saturated carbocycles. The van der Waals surface area contributed by atoms with E-state index in [0.29, 0.717) is 37.6 Å². The minimum atomic E-state index is -3.50. The molecule has 1 aromatic carbocycles. The van der Waals surface area contributed by atoms with Crippen LogP contribution in [0.15, 0.2) is 29.2 Å². The maximum atomic E-state index is 12.6. The SMILES string of the molecule is O=C(O)CCCCN1CCN(S(=O)(=O)c2cccc(Cl)c2)CC1. The minimum Gasteiger partial charge on any atom is -0.481 e. The maximum absolute atomic E-state index is 12.6. The number of halogens is 1. The molecule has 23 heavy (non-hydrogen) atoms. The Hall–Kier alpha value is -1.15. The van der Waals surface area contributed by atoms with Crippen molar-refractivity contribution in [2.75, 3.05) is 32.7 Å². The monoisotopic (exact) mass is 360 g/mol. The van der Waals surface area contributed by atoms with Gasteiger partial charge in [-0.25, -0.2) is 8.42 Å². The fourth-order valence-electron chi connectivity index (χ4n) is 2.58. The van der Waals surface area contributed by atoms with Crippen molar-refractivity contribution >= 4 is 27.6 Å². The lowest BCUT2D eigenvalue weighted by Gasteiger charge is -2.34. The van der Waals surface area contributed by atoms with E-state index in [1.807, 2.05) is 0 Å². The molecule has 1 heterocycles. The highest BCUT2D eigenvalue weighted by Gasteiger charge is 2.28. The third-order valence-electron chi connectivity index (χ3n) is 3.88. The van der Waals surface area contributed by atoms with Crippen molar-refractivity contribution in [1.82, 2.24) is 9.21 Å². The molecule has 1 N–H and O–H groups in total. The molecule has 1 saturated heterocycles. The lowest BCUT2D eigenvalue weighted by Crippen LogP contribution is -2.48. The van der Waals surface area contributed by atoms with Gasteiger partial charge in [0.05, 0.1) is 4.90 Å². The first-order chi connectivity index (χ1) is 10.9. The topological polar surface area (TPSA) is 77.9 Å². The number of piperazine rings is 1. The standard InChI is InChI=1S/C15H21ClN2O4S/c16-13-4-3-5-14(12-13)23(21,22)18-10-8-17(9-11-18)7-2-1-6-15(19)20/h3-5,12H,1-2,6-11H2,(H,19,20). The number of hydrogen-bond acceptors (Lipinski definition) is 4. The molecule has 0 aliphatic carbocycles. The van der Waals surface area contributed by atoms with Gasteiger partial charge in [-0.2, -0.15) is 4.31 Å². The van der Waals surface area contributed by atoms with E-state index in [1.165, 1.54) is 10.4 Å². The van der Waals surface area contributed by atoms with Crippen molar-refractivity contribution in [3.63, 3.8) is 0 Å². The minimum absolute atomic E-state index is 0.184. The number of sulfonamides is 1. The van der Waals surface area contributed by atoms with E-state index in [0.717, 1.165) is 13.0 Å². The van der Waals surface area contributed by atoms with Crippen molar-refractivity contribution in [3.05, 3.63) is 29.3 Å². The second-order valence-electron chi connectivity index (χ2n) is 5.55. The number of aliphatic carboxylic acids is 1. The van der Waals surface area contributed by atoms with E-state index in [1.54, 1.807) is 18.2 Å². The van der Waals surface area contributed by atoms with E-state index < -0.39 is 16.0 Å². The first-order valence-electron chi connectivity index (χ1n) is 7.59. The second kappa shape index (κ2) is 8.10. The smallest absolute Gasteiger partial charge is 0.303 e. The molecule has 0 amide bonds. The van der Waals surface area contributed by atoms with Crippen molar-refractivity contribution in [2.24, 2.45) is 0 Å². The molecule has 0 bridgehead atoms. The molecule has 0 atom stereocenters. The van der Waals surface area contributed by atoms with Gasteiger partial charge in [0.15, 0.2) is 0 Å². The maximum Gasteiger partial charge on any atom is 0.303 e. The average molecular weight is 361 g/mol. The second-order valence-corrected chi connectivity index (χ2v) is 7.93. The number of benzene rings is 1. The highest BCUT2D eigenvalue weighted by molar-refractivity contribution is 7.89. The van der Waals surface area contributed by atoms with Crippen molar-refractivity contribution in [3.8, 4) is 0 Å². The van der Waals surface area contributed by atoms with Crippen LogP contribution in [0.25, 0.3) is 0 Å². The van der Waals surface area contributed by atoms with Crippen LogP contribution in [0, 0.1) is 0 Å². The van der Waals surface area contributed by atoms with Crippen LogP contribution in [0.5, 0.6) is 0 Å². The van der Waals surface area contributed by atoms with Gasteiger partial charge in [0.1, 0.15) is 0 Å². The molecule has 8 heteroatoms. The normalized spacial score (nSPS) is 17.3. The van der Waals surface area contributed by atoms with Crippen LogP contribution in [0.4, 0.5) is 0 Å². The summed E-state index contributed by atoms with van der Waals surface area (Å²) in [5.41, 5.74) is 0. The van der Waals surface area contributed by atoms with Crippen molar-refractivity contribution in [2.45, 2.75) is 24.2 Å². The first kappa shape index (κ1) is 18.2. The number of nitrogens with zero attached hydrogens (tertiary/aromatic N) is 2. The van der Waals surface area contributed by atoms with Gasteiger partial charge < -0.3 is 10.0 Å². The van der Waals surface area contributed by atoms with Gasteiger partial charge in [-0.05, 0) is 37.6 Å². The quantitative estimate of drug-likeness (QED) is 0.751. The van der Waals surface area contributed by atoms with Crippen molar-refractivity contribution in [1.29, 1.82) is 0 Å². The molecule has 0 aromatic heterocycles. The van der Waals surface area contributed by atoms with Gasteiger partial charge in [-0.15, -0.1) is 0 Å². The molecule has 2 rings (SSSR count). The summed E-state index contributed by atoms with van der Waals surface area (Å²) in [7, 11) is -3.50. The number of unbranched alkanes of at least 4 members (excludes halogenated alkanes) is 1. The molecule has 6 nitrogen and oxygen atoms in total. The molecule has 1 aliphatic heterocycles. The summed E-state index contributed by atoms with van der Waals surface area (Å²) >= 11 is 5.87. The number of carbonyl (C=O) groups is 1. The molecular formula is C15H21ClN2O4S. The summed E-state index contributed by atoms with van der Waals surface area (Å²) in [6.45, 7) is 3.00. The summed E-state index contributed by atoms with van der Waals surface area (Å²) in [6, 6.07) is 6.30. The Morgan fingerprint density at radius 1 is 1.17 bits per heavy atom. The fourth-order valence-corrected chi connectivity index (χ4v) is 4.31. The summed E-state index contributed by atoms with van der Waals surface area (Å²) in [6.07, 6.45) is 1.65. The highest BCUT2D eigenvalue weighted by Crippen LogP contribution is 2.20. The Balaban J connectivity index is 1.85. The molecule has 1 aliphatic rings. The van der Waals surface area contributed by atoms with Crippen LogP contribution in [0.2, 0.25) is 5.02 Å². The predicted molar refractivity (Wildman–Crippen MR) is 88.1 cm³/mol. The van der Waals surface area contributed by atoms with E-state index in [4.69, 9.17) is 16.7 Å². The zero-order chi connectivity index (χ0) is 16.9. The van der Waals surface area contributed by atoms with E-state index in [-0.39, 0.29) is 11.3 Å². The van der Waals surface area contributed by atoms with Crippen LogP contribution < -0.4 is 0 Å². The van der Waals surface area contributed by atoms with Crippen LogP contribution in [0.1, 0.15) is 19.3 Å². The summed E-state index contributed by atoms with van der Waals surface area (Å²) in [5, 5.41) is 9.01. The molecule has 128 valence electrons. The van der Waals surface area contributed by atoms with E-state index in [2.05, 4.69) is 4.90 Å². The molecule has 1 aromatic rings. The highest BCUT2D eigenvalue weighted by atomic mass is 35.5. The van der Waals surface area contributed by atoms with Crippen LogP contribution in [-0.4, -0.2) is 61.4 Å². The van der Waals surface area contributed by atoms with Crippen molar-refractivity contribution < 1.29 is 18.3 Å². The zero-order valence-electron chi connectivity index (χ0n) is 12.8. The lowest BCUT2D eigenvalue weighted by molar-refractivity contribution is -0.137. The molecule has 0 spiro atoms. The van der Waals surface area contributed by atoms with Gasteiger partial charge >= 0.3 is 5.97 Å². The molecule has 0 radical (unpaired) electrons. The van der Waals surface area contributed by atoms with E-state index in [9.17, 15) is 13.2 Å². The van der Waals surface area contributed by atoms with Crippen LogP contribution >= 0.6 is 11.6 Å². The van der Waals surface area contributed by atoms with E-state index >= 15 is 0 Å². The summed E-state index contributed by atoms with van der Waals surface area (Å²) < 4.78 is 26.6. The van der Waals surface area contributed by atoms with Gasteiger partial charge in [-0.3, -0.25) is 4.79 Å². The molecule has 0 unspecified atom stereocenters. The fraction of sp³-hybridized carbons (Fsp3) is 0.533. The first-order valence-corrected chi connectivity index (χ1v) is 9.41. The van der Waals surface area contributed by atoms with Crippen LogP contribution in [-0.2, 0) is 14.8 Å².